The van der Waals surface area contributed by atoms with Crippen LogP contribution >= 0.6 is 0 Å². The van der Waals surface area contributed by atoms with Gasteiger partial charge in [-0.25, -0.2) is 0 Å². The number of hydrogen-bond acceptors (Lipinski definition) is 4. The molecule has 118 valence electrons. The number of halogens is 2. The highest BCUT2D eigenvalue weighted by molar-refractivity contribution is 6.06. The standard InChI is InChI=1S/C16H12F2N2O3/c1-22-13-7-3-6-12(14(13)23-16(17)18)15(21)20-11-5-2-4-10(8-11)9-19/h2-8,16H,1H3,(H,20,21). The zero-order valence-electron chi connectivity index (χ0n) is 12.0. The Labute approximate surface area is 131 Å². The number of amides is 1. The number of nitrogens with zero attached hydrogens (tertiary/aromatic N) is 1. The molecule has 0 unspecified atom stereocenters. The summed E-state index contributed by atoms with van der Waals surface area (Å²) < 4.78 is 34.5. The lowest BCUT2D eigenvalue weighted by molar-refractivity contribution is -0.0515. The number of alkyl halides is 2. The molecule has 0 heterocycles. The van der Waals surface area contributed by atoms with Gasteiger partial charge in [0.2, 0.25) is 0 Å². The SMILES string of the molecule is COc1cccc(C(=O)Nc2cccc(C#N)c2)c1OC(F)F. The van der Waals surface area contributed by atoms with Crippen LogP contribution in [0.3, 0.4) is 0 Å². The highest BCUT2D eigenvalue weighted by Gasteiger charge is 2.20. The molecule has 0 aliphatic carbocycles. The predicted octanol–water partition coefficient (Wildman–Crippen LogP) is 3.42. The monoisotopic (exact) mass is 318 g/mol. The maximum Gasteiger partial charge on any atom is 0.387 e. The molecular formula is C16H12F2N2O3. The number of ether oxygens (including phenoxy) is 2. The molecule has 0 aliphatic rings. The van der Waals surface area contributed by atoms with Crippen molar-refractivity contribution in [1.29, 1.82) is 5.26 Å². The third kappa shape index (κ3) is 3.95. The number of benzene rings is 2. The number of para-hydroxylation sites is 1. The molecule has 0 saturated carbocycles. The van der Waals surface area contributed by atoms with E-state index in [4.69, 9.17) is 10.00 Å². The van der Waals surface area contributed by atoms with E-state index in [0.717, 1.165) is 0 Å². The fourth-order valence-corrected chi connectivity index (χ4v) is 1.93. The van der Waals surface area contributed by atoms with Crippen molar-refractivity contribution in [2.45, 2.75) is 6.61 Å². The maximum atomic E-state index is 12.6. The van der Waals surface area contributed by atoms with Gasteiger partial charge >= 0.3 is 6.61 Å². The first-order chi connectivity index (χ1) is 11.0. The van der Waals surface area contributed by atoms with E-state index in [0.29, 0.717) is 11.3 Å². The van der Waals surface area contributed by atoms with Crippen molar-refractivity contribution in [2.24, 2.45) is 0 Å². The smallest absolute Gasteiger partial charge is 0.387 e. The summed E-state index contributed by atoms with van der Waals surface area (Å²) in [6.07, 6.45) is 0. The molecule has 5 nitrogen and oxygen atoms in total. The fourth-order valence-electron chi connectivity index (χ4n) is 1.93. The van der Waals surface area contributed by atoms with Crippen molar-refractivity contribution in [3.8, 4) is 17.6 Å². The van der Waals surface area contributed by atoms with Crippen molar-refractivity contribution >= 4 is 11.6 Å². The molecule has 0 fully saturated rings. The van der Waals surface area contributed by atoms with Gasteiger partial charge in [-0.3, -0.25) is 4.79 Å². The molecule has 0 atom stereocenters. The first-order valence-corrected chi connectivity index (χ1v) is 6.48. The second-order valence-electron chi connectivity index (χ2n) is 4.36. The van der Waals surface area contributed by atoms with Crippen molar-refractivity contribution in [3.05, 3.63) is 53.6 Å². The number of nitriles is 1. The Morgan fingerprint density at radius 2 is 2.00 bits per heavy atom. The molecule has 1 amide bonds. The first-order valence-electron chi connectivity index (χ1n) is 6.48. The number of nitrogens with one attached hydrogen (secondary N) is 1. The van der Waals surface area contributed by atoms with Crippen molar-refractivity contribution in [3.63, 3.8) is 0 Å². The molecule has 2 aromatic carbocycles. The highest BCUT2D eigenvalue weighted by Crippen LogP contribution is 2.33. The summed E-state index contributed by atoms with van der Waals surface area (Å²) in [6.45, 7) is -3.10. The van der Waals surface area contributed by atoms with Gasteiger partial charge in [0, 0.05) is 5.69 Å². The van der Waals surface area contributed by atoms with Gasteiger partial charge in [0.25, 0.3) is 5.91 Å². The molecule has 23 heavy (non-hydrogen) atoms. The van der Waals surface area contributed by atoms with E-state index in [-0.39, 0.29) is 17.1 Å². The second-order valence-corrected chi connectivity index (χ2v) is 4.36. The summed E-state index contributed by atoms with van der Waals surface area (Å²) in [5.74, 6) is -0.989. The second kappa shape index (κ2) is 7.22. The summed E-state index contributed by atoms with van der Waals surface area (Å²) >= 11 is 0. The molecule has 0 radical (unpaired) electrons. The zero-order chi connectivity index (χ0) is 16.8. The predicted molar refractivity (Wildman–Crippen MR) is 78.7 cm³/mol. The molecule has 0 aliphatic heterocycles. The molecule has 0 bridgehead atoms. The van der Waals surface area contributed by atoms with Crippen LogP contribution in [0.1, 0.15) is 15.9 Å². The van der Waals surface area contributed by atoms with Gasteiger partial charge in [-0.05, 0) is 30.3 Å². The van der Waals surface area contributed by atoms with Crippen LogP contribution in [0, 0.1) is 11.3 Å². The Morgan fingerprint density at radius 3 is 2.65 bits per heavy atom. The Bertz CT molecular complexity index is 757. The van der Waals surface area contributed by atoms with E-state index in [9.17, 15) is 13.6 Å². The molecule has 2 rings (SSSR count). The number of methoxy groups -OCH3 is 1. The van der Waals surface area contributed by atoms with Gasteiger partial charge < -0.3 is 14.8 Å². The van der Waals surface area contributed by atoms with Gasteiger partial charge in [0.05, 0.1) is 24.3 Å². The normalized spacial score (nSPS) is 10.0. The Hall–Kier alpha value is -3.14. The van der Waals surface area contributed by atoms with Crippen LogP contribution in [-0.4, -0.2) is 19.6 Å². The van der Waals surface area contributed by atoms with Crippen LogP contribution in [0.5, 0.6) is 11.5 Å². The van der Waals surface area contributed by atoms with Crippen molar-refractivity contribution in [2.75, 3.05) is 12.4 Å². The van der Waals surface area contributed by atoms with Crippen LogP contribution in [0.4, 0.5) is 14.5 Å². The Morgan fingerprint density at radius 1 is 1.26 bits per heavy atom. The highest BCUT2D eigenvalue weighted by atomic mass is 19.3. The van der Waals surface area contributed by atoms with E-state index in [1.807, 2.05) is 6.07 Å². The minimum Gasteiger partial charge on any atom is -0.493 e. The summed E-state index contributed by atoms with van der Waals surface area (Å²) in [4.78, 5) is 12.3. The Balaban J connectivity index is 2.33. The quantitative estimate of drug-likeness (QED) is 0.917. The average molecular weight is 318 g/mol. The maximum absolute atomic E-state index is 12.6. The van der Waals surface area contributed by atoms with Crippen LogP contribution in [0.2, 0.25) is 0 Å². The average Bonchev–Trinajstić information content (AvgIpc) is 2.54. The lowest BCUT2D eigenvalue weighted by atomic mass is 10.1. The van der Waals surface area contributed by atoms with Crippen molar-refractivity contribution < 1.29 is 23.0 Å². The number of rotatable bonds is 5. The number of carbonyl (C=O) groups is 1. The molecule has 7 heteroatoms. The summed E-state index contributed by atoms with van der Waals surface area (Å²) in [5.41, 5.74) is 0.615. The van der Waals surface area contributed by atoms with Gasteiger partial charge in [-0.15, -0.1) is 0 Å². The topological polar surface area (TPSA) is 71.3 Å². The molecule has 0 saturated heterocycles. The molecule has 1 N–H and O–H groups in total. The van der Waals surface area contributed by atoms with Crippen LogP contribution in [0.25, 0.3) is 0 Å². The lowest BCUT2D eigenvalue weighted by Crippen LogP contribution is -2.15. The van der Waals surface area contributed by atoms with Gasteiger partial charge in [-0.2, -0.15) is 14.0 Å². The largest absolute Gasteiger partial charge is 0.493 e. The van der Waals surface area contributed by atoms with E-state index < -0.39 is 12.5 Å². The molecule has 2 aromatic rings. The van der Waals surface area contributed by atoms with Gasteiger partial charge in [0.1, 0.15) is 0 Å². The third-order valence-corrected chi connectivity index (χ3v) is 2.90. The number of anilines is 1. The molecule has 0 spiro atoms. The zero-order valence-corrected chi connectivity index (χ0v) is 12.0. The first kappa shape index (κ1) is 16.2. The van der Waals surface area contributed by atoms with Gasteiger partial charge in [-0.1, -0.05) is 12.1 Å². The van der Waals surface area contributed by atoms with E-state index in [2.05, 4.69) is 10.1 Å². The van der Waals surface area contributed by atoms with Crippen LogP contribution < -0.4 is 14.8 Å². The summed E-state index contributed by atoms with van der Waals surface area (Å²) in [5, 5.41) is 11.4. The number of carbonyl (C=O) groups excluding carboxylic acids is 1. The fraction of sp³-hybridized carbons (Fsp3) is 0.125. The van der Waals surface area contributed by atoms with Crippen LogP contribution in [0.15, 0.2) is 42.5 Å². The minimum absolute atomic E-state index is 0.0173. The number of hydrogen-bond donors (Lipinski definition) is 1. The lowest BCUT2D eigenvalue weighted by Gasteiger charge is -2.14. The van der Waals surface area contributed by atoms with E-state index in [1.165, 1.54) is 31.4 Å². The van der Waals surface area contributed by atoms with E-state index in [1.54, 1.807) is 18.2 Å². The van der Waals surface area contributed by atoms with Crippen molar-refractivity contribution in [1.82, 2.24) is 0 Å². The van der Waals surface area contributed by atoms with Crippen LogP contribution in [-0.2, 0) is 0 Å². The van der Waals surface area contributed by atoms with Gasteiger partial charge in [0.15, 0.2) is 11.5 Å². The van der Waals surface area contributed by atoms with E-state index >= 15 is 0 Å². The molecular weight excluding hydrogens is 306 g/mol. The molecule has 0 aromatic heterocycles. The summed E-state index contributed by atoms with van der Waals surface area (Å²) in [7, 11) is 1.28. The minimum atomic E-state index is -3.10. The Kier molecular flexibility index (Phi) is 5.10. The third-order valence-electron chi connectivity index (χ3n) is 2.90. The summed E-state index contributed by atoms with van der Waals surface area (Å²) in [6, 6.07) is 12.4.